The Kier molecular flexibility index (Phi) is 5.69. The van der Waals surface area contributed by atoms with E-state index in [1.165, 1.54) is 12.1 Å². The van der Waals surface area contributed by atoms with E-state index in [0.717, 1.165) is 10.8 Å². The van der Waals surface area contributed by atoms with Gasteiger partial charge in [-0.15, -0.1) is 0 Å². The number of carbonyl (C=O) groups is 2. The molecular weight excluding hydrogens is 469 g/mol. The van der Waals surface area contributed by atoms with Crippen LogP contribution in [0.4, 0.5) is 13.2 Å². The van der Waals surface area contributed by atoms with Crippen molar-refractivity contribution in [3.05, 3.63) is 66.2 Å². The molecule has 8 nitrogen and oxygen atoms in total. The summed E-state index contributed by atoms with van der Waals surface area (Å²) in [4.78, 5) is 28.0. The number of aromatic carboxylic acids is 1. The van der Waals surface area contributed by atoms with Crippen molar-refractivity contribution >= 4 is 44.5 Å². The third-order valence-corrected chi connectivity index (χ3v) is 5.18. The molecule has 5 rings (SSSR count). The zero-order valence-corrected chi connectivity index (χ0v) is 17.5. The summed E-state index contributed by atoms with van der Waals surface area (Å²) in [5, 5.41) is 40.1. The number of aromatic amines is 1. The minimum absolute atomic E-state index is 0.00630. The molecule has 5 aromatic rings. The first-order valence-corrected chi connectivity index (χ1v) is 9.87. The van der Waals surface area contributed by atoms with Crippen LogP contribution in [-0.4, -0.2) is 48.5 Å². The highest BCUT2D eigenvalue weighted by Crippen LogP contribution is 2.38. The monoisotopic (exact) mass is 484 g/mol. The van der Waals surface area contributed by atoms with Crippen molar-refractivity contribution in [3.8, 4) is 22.9 Å². The molecule has 0 saturated carbocycles. The molecule has 4 aromatic carbocycles. The number of aliphatic carboxylic acids is 1. The SMILES string of the molecule is O=C(O)C(F)(F)F.O=C(O)c1cc(O)c2c(ccc3[nH]c(-c4c(O)ccc5ccccc45)nc32)c1. The lowest BCUT2D eigenvalue weighted by Crippen LogP contribution is -2.21. The van der Waals surface area contributed by atoms with Gasteiger partial charge in [-0.05, 0) is 40.4 Å². The number of hydrogen-bond donors (Lipinski definition) is 5. The standard InChI is InChI=1S/C22H14N2O4.C2HF3O2/c25-16-8-6-11-3-1-2-4-14(11)19(16)21-23-15-7-5-12-9-13(22(27)28)10-17(26)18(12)20(15)24-21;3-2(4,5)1(6)7/h1-10,25-26H,(H,23,24)(H,27,28);(H,6,7). The van der Waals surface area contributed by atoms with Gasteiger partial charge in [0.05, 0.1) is 22.0 Å². The first-order chi connectivity index (χ1) is 16.5. The molecular formula is C24H15F3N2O6. The highest BCUT2D eigenvalue weighted by molar-refractivity contribution is 6.11. The Balaban J connectivity index is 0.000000364. The second-order valence-corrected chi connectivity index (χ2v) is 7.43. The smallest absolute Gasteiger partial charge is 0.490 e. The molecule has 0 aliphatic heterocycles. The fourth-order valence-corrected chi connectivity index (χ4v) is 3.66. The molecule has 0 aliphatic rings. The number of aromatic nitrogens is 2. The van der Waals surface area contributed by atoms with Crippen molar-refractivity contribution < 1.29 is 43.2 Å². The number of nitrogens with zero attached hydrogens (tertiary/aromatic N) is 1. The molecule has 0 saturated heterocycles. The Morgan fingerprint density at radius 1 is 0.857 bits per heavy atom. The number of phenols is 2. The van der Waals surface area contributed by atoms with E-state index in [1.807, 2.05) is 30.3 Å². The molecule has 1 heterocycles. The summed E-state index contributed by atoms with van der Waals surface area (Å²) in [5.74, 6) is -3.45. The van der Waals surface area contributed by atoms with Crippen LogP contribution in [0.5, 0.6) is 11.5 Å². The number of benzene rings is 4. The van der Waals surface area contributed by atoms with Gasteiger partial charge in [0.1, 0.15) is 22.8 Å². The van der Waals surface area contributed by atoms with E-state index in [9.17, 15) is 33.3 Å². The van der Waals surface area contributed by atoms with Crippen molar-refractivity contribution in [2.45, 2.75) is 6.18 Å². The number of phenolic OH excluding ortho intramolecular Hbond substituents is 2. The highest BCUT2D eigenvalue weighted by atomic mass is 19.4. The van der Waals surface area contributed by atoms with Crippen LogP contribution in [0.1, 0.15) is 10.4 Å². The molecule has 178 valence electrons. The lowest BCUT2D eigenvalue weighted by molar-refractivity contribution is -0.192. The number of hydrogen-bond acceptors (Lipinski definition) is 5. The van der Waals surface area contributed by atoms with Crippen LogP contribution in [0.2, 0.25) is 0 Å². The van der Waals surface area contributed by atoms with Gasteiger partial charge in [0.25, 0.3) is 0 Å². The Labute approximate surface area is 193 Å². The molecule has 5 N–H and O–H groups in total. The maximum Gasteiger partial charge on any atom is 0.490 e. The van der Waals surface area contributed by atoms with E-state index in [0.29, 0.717) is 33.2 Å². The van der Waals surface area contributed by atoms with Crippen molar-refractivity contribution in [1.29, 1.82) is 0 Å². The average Bonchev–Trinajstić information content (AvgIpc) is 3.22. The van der Waals surface area contributed by atoms with Crippen LogP contribution in [0, 0.1) is 0 Å². The number of fused-ring (bicyclic) bond motifs is 4. The van der Waals surface area contributed by atoms with Gasteiger partial charge in [0.15, 0.2) is 0 Å². The summed E-state index contributed by atoms with van der Waals surface area (Å²) in [6.45, 7) is 0. The first-order valence-electron chi connectivity index (χ1n) is 9.87. The fraction of sp³-hybridized carbons (Fsp3) is 0.0417. The largest absolute Gasteiger partial charge is 0.507 e. The third kappa shape index (κ3) is 4.38. The number of carboxylic acids is 2. The predicted octanol–water partition coefficient (Wildman–Crippen LogP) is 5.28. The molecule has 0 atom stereocenters. The van der Waals surface area contributed by atoms with Crippen LogP contribution in [0.15, 0.2) is 60.7 Å². The highest BCUT2D eigenvalue weighted by Gasteiger charge is 2.38. The van der Waals surface area contributed by atoms with Gasteiger partial charge < -0.3 is 25.4 Å². The lowest BCUT2D eigenvalue weighted by Gasteiger charge is -2.06. The summed E-state index contributed by atoms with van der Waals surface area (Å²) >= 11 is 0. The van der Waals surface area contributed by atoms with E-state index >= 15 is 0 Å². The number of imidazole rings is 1. The Morgan fingerprint density at radius 2 is 1.51 bits per heavy atom. The topological polar surface area (TPSA) is 144 Å². The fourth-order valence-electron chi connectivity index (χ4n) is 3.66. The zero-order valence-electron chi connectivity index (χ0n) is 17.5. The van der Waals surface area contributed by atoms with Crippen molar-refractivity contribution in [1.82, 2.24) is 9.97 Å². The number of aromatic hydroxyl groups is 2. The maximum atomic E-state index is 11.3. The molecule has 0 bridgehead atoms. The molecule has 1 aromatic heterocycles. The second-order valence-electron chi connectivity index (χ2n) is 7.43. The van der Waals surface area contributed by atoms with Crippen LogP contribution in [0.3, 0.4) is 0 Å². The zero-order chi connectivity index (χ0) is 25.5. The maximum absolute atomic E-state index is 11.3. The molecule has 0 radical (unpaired) electrons. The van der Waals surface area contributed by atoms with E-state index < -0.39 is 18.1 Å². The summed E-state index contributed by atoms with van der Waals surface area (Å²) in [7, 11) is 0. The molecule has 11 heteroatoms. The number of nitrogens with one attached hydrogen (secondary N) is 1. The number of halogens is 3. The Bertz CT molecular complexity index is 1630. The van der Waals surface area contributed by atoms with Crippen LogP contribution in [0.25, 0.3) is 44.0 Å². The molecule has 35 heavy (non-hydrogen) atoms. The molecule has 0 aliphatic carbocycles. The van der Waals surface area contributed by atoms with Crippen LogP contribution < -0.4 is 0 Å². The van der Waals surface area contributed by atoms with E-state index in [4.69, 9.17) is 9.90 Å². The van der Waals surface area contributed by atoms with Gasteiger partial charge in [-0.25, -0.2) is 14.6 Å². The Hall–Kier alpha value is -4.80. The summed E-state index contributed by atoms with van der Waals surface area (Å²) in [5.41, 5.74) is 1.76. The van der Waals surface area contributed by atoms with E-state index in [-0.39, 0.29) is 17.1 Å². The first kappa shape index (κ1) is 23.4. The summed E-state index contributed by atoms with van der Waals surface area (Å²) in [6.07, 6.45) is -5.08. The molecule has 0 fully saturated rings. The summed E-state index contributed by atoms with van der Waals surface area (Å²) in [6, 6.07) is 17.4. The van der Waals surface area contributed by atoms with Gasteiger partial charge >= 0.3 is 18.1 Å². The predicted molar refractivity (Wildman–Crippen MR) is 121 cm³/mol. The number of alkyl halides is 3. The van der Waals surface area contributed by atoms with Gasteiger partial charge in [-0.2, -0.15) is 13.2 Å². The normalized spacial score (nSPS) is 11.4. The Morgan fingerprint density at radius 3 is 2.17 bits per heavy atom. The molecule has 0 amide bonds. The van der Waals surface area contributed by atoms with Crippen LogP contribution >= 0.6 is 0 Å². The van der Waals surface area contributed by atoms with Gasteiger partial charge in [-0.1, -0.05) is 36.4 Å². The van der Waals surface area contributed by atoms with E-state index in [1.54, 1.807) is 18.2 Å². The molecule has 0 unspecified atom stereocenters. The van der Waals surface area contributed by atoms with Gasteiger partial charge in [0, 0.05) is 0 Å². The van der Waals surface area contributed by atoms with Crippen LogP contribution in [-0.2, 0) is 4.79 Å². The second kappa shape index (κ2) is 8.52. The minimum atomic E-state index is -5.08. The number of H-pyrrole nitrogens is 1. The van der Waals surface area contributed by atoms with E-state index in [2.05, 4.69) is 9.97 Å². The molecule has 0 spiro atoms. The number of rotatable bonds is 2. The van der Waals surface area contributed by atoms with Gasteiger partial charge in [0.2, 0.25) is 0 Å². The third-order valence-electron chi connectivity index (χ3n) is 5.18. The minimum Gasteiger partial charge on any atom is -0.507 e. The van der Waals surface area contributed by atoms with Crippen molar-refractivity contribution in [3.63, 3.8) is 0 Å². The van der Waals surface area contributed by atoms with Crippen molar-refractivity contribution in [2.75, 3.05) is 0 Å². The summed E-state index contributed by atoms with van der Waals surface area (Å²) < 4.78 is 31.7. The van der Waals surface area contributed by atoms with Gasteiger partial charge in [-0.3, -0.25) is 0 Å². The van der Waals surface area contributed by atoms with Crippen molar-refractivity contribution in [2.24, 2.45) is 0 Å². The lowest BCUT2D eigenvalue weighted by atomic mass is 10.0. The average molecular weight is 484 g/mol. The quantitative estimate of drug-likeness (QED) is 0.229. The number of carboxylic acid groups (broad SMARTS) is 2.